The second kappa shape index (κ2) is 6.78. The van der Waals surface area contributed by atoms with Gasteiger partial charge in [0.25, 0.3) is 5.91 Å². The third-order valence-electron chi connectivity index (χ3n) is 3.24. The maximum Gasteiger partial charge on any atom is 0.259 e. The van der Waals surface area contributed by atoms with Crippen LogP contribution in [0.2, 0.25) is 10.0 Å². The molecule has 0 fully saturated rings. The van der Waals surface area contributed by atoms with Crippen LogP contribution in [0.25, 0.3) is 5.82 Å². The van der Waals surface area contributed by atoms with Gasteiger partial charge < -0.3 is 5.32 Å². The van der Waals surface area contributed by atoms with Crippen LogP contribution < -0.4 is 5.32 Å². The van der Waals surface area contributed by atoms with E-state index >= 15 is 0 Å². The molecule has 1 amide bonds. The van der Waals surface area contributed by atoms with Crippen molar-refractivity contribution >= 4 is 34.9 Å². The largest absolute Gasteiger partial charge is 0.306 e. The third-order valence-corrected chi connectivity index (χ3v) is 3.72. The smallest absolute Gasteiger partial charge is 0.259 e. The molecule has 0 aliphatic rings. The lowest BCUT2D eigenvalue weighted by molar-refractivity contribution is 0.102. The van der Waals surface area contributed by atoms with Crippen molar-refractivity contribution < 1.29 is 13.6 Å². The summed E-state index contributed by atoms with van der Waals surface area (Å²) < 4.78 is 28.3. The summed E-state index contributed by atoms with van der Waals surface area (Å²) in [5.41, 5.74) is 0.128. The first kappa shape index (κ1) is 17.3. The maximum atomic E-state index is 13.8. The molecule has 0 bridgehead atoms. The van der Waals surface area contributed by atoms with Crippen LogP contribution in [0.3, 0.4) is 0 Å². The van der Waals surface area contributed by atoms with E-state index in [9.17, 15) is 13.6 Å². The summed E-state index contributed by atoms with van der Waals surface area (Å²) in [7, 11) is 0. The molecule has 0 saturated heterocycles. The zero-order valence-electron chi connectivity index (χ0n) is 12.7. The van der Waals surface area contributed by atoms with Crippen molar-refractivity contribution in [3.05, 3.63) is 69.5 Å². The number of pyridine rings is 1. The van der Waals surface area contributed by atoms with E-state index in [0.29, 0.717) is 10.7 Å². The quantitative estimate of drug-likeness (QED) is 0.729. The number of carbonyl (C=O) groups is 1. The van der Waals surface area contributed by atoms with Crippen molar-refractivity contribution in [1.82, 2.24) is 14.8 Å². The molecular formula is C16H10Cl2F2N4O. The number of nitrogens with one attached hydrogen (secondary N) is 1. The molecule has 25 heavy (non-hydrogen) atoms. The molecule has 0 aliphatic heterocycles. The zero-order valence-corrected chi connectivity index (χ0v) is 14.2. The SMILES string of the molecule is Cc1cc(NC(=O)c2cc(F)ccc2F)n(-c2ncc(Cl)cc2Cl)n1. The first-order chi connectivity index (χ1) is 11.8. The molecule has 2 heterocycles. The van der Waals surface area contributed by atoms with E-state index in [1.165, 1.54) is 16.9 Å². The lowest BCUT2D eigenvalue weighted by atomic mass is 10.2. The summed E-state index contributed by atoms with van der Waals surface area (Å²) in [5, 5.41) is 7.23. The fourth-order valence-electron chi connectivity index (χ4n) is 2.17. The van der Waals surface area contributed by atoms with Crippen LogP contribution in [0.15, 0.2) is 36.5 Å². The van der Waals surface area contributed by atoms with Crippen LogP contribution in [0.1, 0.15) is 16.1 Å². The molecular weight excluding hydrogens is 373 g/mol. The van der Waals surface area contributed by atoms with Crippen molar-refractivity contribution in [2.24, 2.45) is 0 Å². The summed E-state index contributed by atoms with van der Waals surface area (Å²) >= 11 is 11.9. The Hall–Kier alpha value is -2.51. The number of aromatic nitrogens is 3. The Bertz CT molecular complexity index is 975. The van der Waals surface area contributed by atoms with Crippen molar-refractivity contribution in [2.75, 3.05) is 5.32 Å². The fourth-order valence-corrected chi connectivity index (χ4v) is 2.63. The minimum Gasteiger partial charge on any atom is -0.306 e. The van der Waals surface area contributed by atoms with Gasteiger partial charge in [0.1, 0.15) is 17.5 Å². The summed E-state index contributed by atoms with van der Waals surface area (Å²) in [6.45, 7) is 1.69. The van der Waals surface area contributed by atoms with Crippen LogP contribution in [0.5, 0.6) is 0 Å². The van der Waals surface area contributed by atoms with E-state index < -0.39 is 23.1 Å². The lowest BCUT2D eigenvalue weighted by Crippen LogP contribution is -2.17. The van der Waals surface area contributed by atoms with E-state index in [4.69, 9.17) is 23.2 Å². The predicted molar refractivity (Wildman–Crippen MR) is 90.4 cm³/mol. The number of anilines is 1. The fraction of sp³-hybridized carbons (Fsp3) is 0.0625. The Balaban J connectivity index is 1.99. The van der Waals surface area contributed by atoms with Crippen LogP contribution >= 0.6 is 23.2 Å². The van der Waals surface area contributed by atoms with Gasteiger partial charge in [-0.2, -0.15) is 9.78 Å². The number of halogens is 4. The number of aryl methyl sites for hydroxylation is 1. The molecule has 3 rings (SSSR count). The third kappa shape index (κ3) is 3.62. The molecule has 0 aliphatic carbocycles. The lowest BCUT2D eigenvalue weighted by Gasteiger charge is -2.10. The topological polar surface area (TPSA) is 59.8 Å². The van der Waals surface area contributed by atoms with Gasteiger partial charge in [0.15, 0.2) is 5.82 Å². The second-order valence-electron chi connectivity index (χ2n) is 5.12. The standard InChI is InChI=1S/C16H10Cl2F2N4O/c1-8-4-14(22-16(25)11-6-10(19)2-3-13(11)20)24(23-8)15-12(18)5-9(17)7-21-15/h2-7H,1H3,(H,22,25). The molecule has 0 radical (unpaired) electrons. The average molecular weight is 383 g/mol. The number of benzene rings is 1. The summed E-state index contributed by atoms with van der Waals surface area (Å²) in [4.78, 5) is 16.4. The van der Waals surface area contributed by atoms with Crippen LogP contribution in [0.4, 0.5) is 14.6 Å². The average Bonchev–Trinajstić information content (AvgIpc) is 2.89. The van der Waals surface area contributed by atoms with Crippen molar-refractivity contribution in [3.63, 3.8) is 0 Å². The van der Waals surface area contributed by atoms with E-state index in [2.05, 4.69) is 15.4 Å². The highest BCUT2D eigenvalue weighted by molar-refractivity contribution is 6.35. The van der Waals surface area contributed by atoms with E-state index in [-0.39, 0.29) is 16.7 Å². The molecule has 9 heteroatoms. The second-order valence-corrected chi connectivity index (χ2v) is 5.96. The Morgan fingerprint density at radius 1 is 1.20 bits per heavy atom. The van der Waals surface area contributed by atoms with Crippen LogP contribution in [-0.2, 0) is 0 Å². The normalized spacial score (nSPS) is 10.8. The number of nitrogens with zero attached hydrogens (tertiary/aromatic N) is 3. The first-order valence-electron chi connectivity index (χ1n) is 6.99. The number of hydrogen-bond donors (Lipinski definition) is 1. The molecule has 128 valence electrons. The molecule has 5 nitrogen and oxygen atoms in total. The van der Waals surface area contributed by atoms with E-state index in [0.717, 1.165) is 18.2 Å². The summed E-state index contributed by atoms with van der Waals surface area (Å²) in [6, 6.07) is 5.64. The van der Waals surface area contributed by atoms with Crippen molar-refractivity contribution in [3.8, 4) is 5.82 Å². The van der Waals surface area contributed by atoms with Gasteiger partial charge in [-0.05, 0) is 31.2 Å². The van der Waals surface area contributed by atoms with E-state index in [1.807, 2.05) is 0 Å². The highest BCUT2D eigenvalue weighted by atomic mass is 35.5. The van der Waals surface area contributed by atoms with Gasteiger partial charge in [0, 0.05) is 12.3 Å². The van der Waals surface area contributed by atoms with Gasteiger partial charge in [-0.1, -0.05) is 23.2 Å². The van der Waals surface area contributed by atoms with Gasteiger partial charge in [0.2, 0.25) is 0 Å². The maximum absolute atomic E-state index is 13.8. The summed E-state index contributed by atoms with van der Waals surface area (Å²) in [6.07, 6.45) is 1.37. The Labute approximate surface area is 151 Å². The molecule has 0 unspecified atom stereocenters. The molecule has 2 aromatic heterocycles. The molecule has 0 atom stereocenters. The Kier molecular flexibility index (Phi) is 4.69. The Morgan fingerprint density at radius 3 is 2.68 bits per heavy atom. The number of hydrogen-bond acceptors (Lipinski definition) is 3. The predicted octanol–water partition coefficient (Wildman–Crippen LogP) is 4.41. The van der Waals surface area contributed by atoms with Crippen LogP contribution in [-0.4, -0.2) is 20.7 Å². The van der Waals surface area contributed by atoms with Gasteiger partial charge in [-0.25, -0.2) is 13.8 Å². The van der Waals surface area contributed by atoms with E-state index in [1.54, 1.807) is 13.0 Å². The highest BCUT2D eigenvalue weighted by Crippen LogP contribution is 2.25. The molecule has 0 spiro atoms. The highest BCUT2D eigenvalue weighted by Gasteiger charge is 2.18. The first-order valence-corrected chi connectivity index (χ1v) is 7.75. The monoisotopic (exact) mass is 382 g/mol. The molecule has 1 N–H and O–H groups in total. The number of amides is 1. The van der Waals surface area contributed by atoms with Gasteiger partial charge in [0.05, 0.1) is 21.3 Å². The number of carbonyl (C=O) groups excluding carboxylic acids is 1. The van der Waals surface area contributed by atoms with Crippen molar-refractivity contribution in [1.29, 1.82) is 0 Å². The van der Waals surface area contributed by atoms with Gasteiger partial charge in [-0.3, -0.25) is 4.79 Å². The van der Waals surface area contributed by atoms with Gasteiger partial charge >= 0.3 is 0 Å². The van der Waals surface area contributed by atoms with Crippen molar-refractivity contribution in [2.45, 2.75) is 6.92 Å². The number of rotatable bonds is 3. The minimum atomic E-state index is -0.843. The van der Waals surface area contributed by atoms with Crippen LogP contribution in [0, 0.1) is 18.6 Å². The molecule has 1 aromatic carbocycles. The molecule has 3 aromatic rings. The Morgan fingerprint density at radius 2 is 1.96 bits per heavy atom. The molecule has 0 saturated carbocycles. The summed E-state index contributed by atoms with van der Waals surface area (Å²) in [5.74, 6) is -1.97. The zero-order chi connectivity index (χ0) is 18.1. The minimum absolute atomic E-state index is 0.197. The van der Waals surface area contributed by atoms with Gasteiger partial charge in [-0.15, -0.1) is 0 Å².